The monoisotopic (exact) mass is 348 g/mol. The van der Waals surface area contributed by atoms with E-state index in [1.54, 1.807) is 24.3 Å². The second-order valence-electron chi connectivity index (χ2n) is 6.19. The van der Waals surface area contributed by atoms with Crippen LogP contribution < -0.4 is 0 Å². The Kier molecular flexibility index (Phi) is 4.95. The molecule has 0 spiro atoms. The Labute approximate surface area is 151 Å². The maximum absolute atomic E-state index is 13.3. The van der Waals surface area contributed by atoms with Gasteiger partial charge in [-0.05, 0) is 44.0 Å². The first kappa shape index (κ1) is 17.3. The summed E-state index contributed by atoms with van der Waals surface area (Å²) in [6.45, 7) is 5.96. The Morgan fingerprint density at radius 1 is 0.800 bits per heavy atom. The van der Waals surface area contributed by atoms with Gasteiger partial charge in [0.25, 0.3) is 0 Å². The molecule has 1 unspecified atom stereocenters. The Morgan fingerprint density at radius 2 is 1.36 bits per heavy atom. The van der Waals surface area contributed by atoms with Crippen molar-refractivity contribution in [3.63, 3.8) is 0 Å². The molecule has 126 valence electrons. The highest BCUT2D eigenvalue weighted by Gasteiger charge is 2.20. The SMILES string of the molecule is Cc1cc(C)c(S(=O)c2ccccc2C(=O)c2ccccc2)c(C)c1. The highest BCUT2D eigenvalue weighted by Crippen LogP contribution is 2.28. The van der Waals surface area contributed by atoms with Crippen LogP contribution in [0.3, 0.4) is 0 Å². The zero-order valence-corrected chi connectivity index (χ0v) is 15.4. The average Bonchev–Trinajstić information content (AvgIpc) is 2.61. The van der Waals surface area contributed by atoms with Crippen LogP contribution in [0.5, 0.6) is 0 Å². The van der Waals surface area contributed by atoms with Crippen LogP contribution in [0.25, 0.3) is 0 Å². The molecule has 0 radical (unpaired) electrons. The van der Waals surface area contributed by atoms with Crippen LogP contribution in [-0.4, -0.2) is 9.99 Å². The number of benzene rings is 3. The van der Waals surface area contributed by atoms with E-state index in [-0.39, 0.29) is 5.78 Å². The number of carbonyl (C=O) groups excluding carboxylic acids is 1. The van der Waals surface area contributed by atoms with Crippen molar-refractivity contribution in [3.8, 4) is 0 Å². The largest absolute Gasteiger partial charge is 0.289 e. The summed E-state index contributed by atoms with van der Waals surface area (Å²) in [5.74, 6) is -0.105. The molecule has 25 heavy (non-hydrogen) atoms. The molecule has 1 atom stereocenters. The number of hydrogen-bond donors (Lipinski definition) is 0. The Hall–Kier alpha value is -2.52. The van der Waals surface area contributed by atoms with E-state index >= 15 is 0 Å². The molecular formula is C22H20O2S. The van der Waals surface area contributed by atoms with E-state index < -0.39 is 10.8 Å². The van der Waals surface area contributed by atoms with Crippen molar-refractivity contribution in [2.45, 2.75) is 30.6 Å². The van der Waals surface area contributed by atoms with Crippen molar-refractivity contribution in [1.82, 2.24) is 0 Å². The van der Waals surface area contributed by atoms with E-state index in [4.69, 9.17) is 0 Å². The third-order valence-electron chi connectivity index (χ3n) is 4.16. The van der Waals surface area contributed by atoms with E-state index in [1.807, 2.05) is 63.2 Å². The molecule has 3 aromatic rings. The molecule has 0 heterocycles. The third kappa shape index (κ3) is 3.47. The molecule has 3 rings (SSSR count). The lowest BCUT2D eigenvalue weighted by molar-refractivity contribution is 0.103. The van der Waals surface area contributed by atoms with Crippen molar-refractivity contribution in [2.75, 3.05) is 0 Å². The normalized spacial score (nSPS) is 12.0. The molecule has 0 fully saturated rings. The van der Waals surface area contributed by atoms with Gasteiger partial charge in [0.15, 0.2) is 5.78 Å². The zero-order chi connectivity index (χ0) is 18.0. The summed E-state index contributed by atoms with van der Waals surface area (Å²) >= 11 is 0. The number of aryl methyl sites for hydroxylation is 3. The minimum atomic E-state index is -1.40. The van der Waals surface area contributed by atoms with Gasteiger partial charge in [-0.25, -0.2) is 4.21 Å². The molecule has 3 aromatic carbocycles. The highest BCUT2D eigenvalue weighted by molar-refractivity contribution is 7.85. The summed E-state index contributed by atoms with van der Waals surface area (Å²) in [6.07, 6.45) is 0. The van der Waals surface area contributed by atoms with E-state index in [0.717, 1.165) is 21.6 Å². The van der Waals surface area contributed by atoms with Crippen LogP contribution in [0.1, 0.15) is 32.6 Å². The van der Waals surface area contributed by atoms with Crippen molar-refractivity contribution in [3.05, 3.63) is 94.5 Å². The highest BCUT2D eigenvalue weighted by atomic mass is 32.2. The molecule has 3 heteroatoms. The third-order valence-corrected chi connectivity index (χ3v) is 5.93. The van der Waals surface area contributed by atoms with Gasteiger partial charge in [-0.15, -0.1) is 0 Å². The van der Waals surface area contributed by atoms with Gasteiger partial charge in [0, 0.05) is 16.0 Å². The first-order chi connectivity index (χ1) is 12.0. The smallest absolute Gasteiger partial charge is 0.194 e. The fourth-order valence-electron chi connectivity index (χ4n) is 3.13. The van der Waals surface area contributed by atoms with Crippen LogP contribution in [-0.2, 0) is 10.8 Å². The zero-order valence-electron chi connectivity index (χ0n) is 14.6. The van der Waals surface area contributed by atoms with Crippen molar-refractivity contribution < 1.29 is 9.00 Å². The second kappa shape index (κ2) is 7.16. The quantitative estimate of drug-likeness (QED) is 0.621. The fraction of sp³-hybridized carbons (Fsp3) is 0.136. The Morgan fingerprint density at radius 3 is 2.00 bits per heavy atom. The van der Waals surface area contributed by atoms with Crippen LogP contribution >= 0.6 is 0 Å². The van der Waals surface area contributed by atoms with Crippen LogP contribution in [0, 0.1) is 20.8 Å². The molecule has 0 saturated heterocycles. The van der Waals surface area contributed by atoms with Gasteiger partial charge in [-0.2, -0.15) is 0 Å². The second-order valence-corrected chi connectivity index (χ2v) is 7.57. The average molecular weight is 348 g/mol. The van der Waals surface area contributed by atoms with Gasteiger partial charge in [-0.1, -0.05) is 60.2 Å². The predicted octanol–water partition coefficient (Wildman–Crippen LogP) is 5.01. The fourth-order valence-corrected chi connectivity index (χ4v) is 4.62. The van der Waals surface area contributed by atoms with Crippen LogP contribution in [0.4, 0.5) is 0 Å². The first-order valence-electron chi connectivity index (χ1n) is 8.17. The van der Waals surface area contributed by atoms with E-state index in [9.17, 15) is 9.00 Å². The summed E-state index contributed by atoms with van der Waals surface area (Å²) in [5, 5.41) is 0. The molecular weight excluding hydrogens is 328 g/mol. The molecule has 0 saturated carbocycles. The molecule has 0 aliphatic carbocycles. The summed E-state index contributed by atoms with van der Waals surface area (Å²) in [6, 6.07) is 20.3. The molecule has 0 aromatic heterocycles. The number of hydrogen-bond acceptors (Lipinski definition) is 2. The molecule has 0 amide bonds. The number of ketones is 1. The number of rotatable bonds is 4. The van der Waals surface area contributed by atoms with Gasteiger partial charge < -0.3 is 0 Å². The molecule has 0 aliphatic rings. The summed E-state index contributed by atoms with van der Waals surface area (Å²) in [4.78, 5) is 14.2. The van der Waals surface area contributed by atoms with Crippen LogP contribution in [0.2, 0.25) is 0 Å². The van der Waals surface area contributed by atoms with Crippen LogP contribution in [0.15, 0.2) is 76.5 Å². The molecule has 0 bridgehead atoms. The van der Waals surface area contributed by atoms with E-state index in [1.165, 1.54) is 0 Å². The van der Waals surface area contributed by atoms with Crippen molar-refractivity contribution >= 4 is 16.6 Å². The van der Waals surface area contributed by atoms with Gasteiger partial charge >= 0.3 is 0 Å². The minimum absolute atomic E-state index is 0.105. The van der Waals surface area contributed by atoms with E-state index in [0.29, 0.717) is 16.0 Å². The Bertz CT molecular complexity index is 936. The maximum Gasteiger partial charge on any atom is 0.194 e. The van der Waals surface area contributed by atoms with Gasteiger partial charge in [0.05, 0.1) is 15.7 Å². The maximum atomic E-state index is 13.3. The molecule has 0 N–H and O–H groups in total. The topological polar surface area (TPSA) is 34.1 Å². The standard InChI is InChI=1S/C22H20O2S/c1-15-13-16(2)22(17(3)14-15)25(24)20-12-8-7-11-19(20)21(23)18-9-5-4-6-10-18/h4-14H,1-3H3. The summed E-state index contributed by atoms with van der Waals surface area (Å²) in [7, 11) is -1.40. The van der Waals surface area contributed by atoms with Crippen molar-refractivity contribution in [1.29, 1.82) is 0 Å². The predicted molar refractivity (Wildman–Crippen MR) is 102 cm³/mol. The van der Waals surface area contributed by atoms with E-state index in [2.05, 4.69) is 0 Å². The van der Waals surface area contributed by atoms with Crippen molar-refractivity contribution in [2.24, 2.45) is 0 Å². The lowest BCUT2D eigenvalue weighted by atomic mass is 10.0. The molecule has 0 aliphatic heterocycles. The lowest BCUT2D eigenvalue weighted by Gasteiger charge is -2.13. The summed E-state index contributed by atoms with van der Waals surface area (Å²) in [5.41, 5.74) is 4.20. The lowest BCUT2D eigenvalue weighted by Crippen LogP contribution is -2.08. The Balaban J connectivity index is 2.11. The first-order valence-corrected chi connectivity index (χ1v) is 9.32. The summed E-state index contributed by atoms with van der Waals surface area (Å²) < 4.78 is 13.3. The molecule has 2 nitrogen and oxygen atoms in total. The van der Waals surface area contributed by atoms with Gasteiger partial charge in [0.2, 0.25) is 0 Å². The number of carbonyl (C=O) groups is 1. The van der Waals surface area contributed by atoms with Gasteiger partial charge in [0.1, 0.15) is 0 Å². The van der Waals surface area contributed by atoms with Gasteiger partial charge in [-0.3, -0.25) is 4.79 Å². The minimum Gasteiger partial charge on any atom is -0.289 e.